The summed E-state index contributed by atoms with van der Waals surface area (Å²) in [4.78, 5) is 0. The number of halogens is 1. The SMILES string of the molecule is C.C.CC1CCC(C)OC1.Cc1ccc(C)c(F)c1. The minimum atomic E-state index is -0.116. The van der Waals surface area contributed by atoms with Crippen LogP contribution in [0.5, 0.6) is 0 Å². The molecule has 1 heterocycles. The smallest absolute Gasteiger partial charge is 0.126 e. The van der Waals surface area contributed by atoms with Gasteiger partial charge in [0.2, 0.25) is 0 Å². The van der Waals surface area contributed by atoms with Gasteiger partial charge in [0.1, 0.15) is 5.82 Å². The Morgan fingerprint density at radius 3 is 2.11 bits per heavy atom. The summed E-state index contributed by atoms with van der Waals surface area (Å²) in [5.74, 6) is 0.682. The van der Waals surface area contributed by atoms with Crippen LogP contribution in [-0.2, 0) is 4.74 Å². The molecule has 2 atom stereocenters. The van der Waals surface area contributed by atoms with Crippen molar-refractivity contribution in [2.45, 2.75) is 61.5 Å². The molecule has 1 aliphatic rings. The van der Waals surface area contributed by atoms with Gasteiger partial charge in [0.25, 0.3) is 0 Å². The predicted octanol–water partition coefficient (Wildman–Crippen LogP) is 5.54. The molecule has 0 spiro atoms. The molecule has 2 rings (SSSR count). The van der Waals surface area contributed by atoms with Crippen LogP contribution in [0.15, 0.2) is 18.2 Å². The third-order valence-electron chi connectivity index (χ3n) is 3.06. The van der Waals surface area contributed by atoms with Crippen LogP contribution in [0.4, 0.5) is 4.39 Å². The van der Waals surface area contributed by atoms with E-state index in [-0.39, 0.29) is 20.7 Å². The third kappa shape index (κ3) is 7.99. The molecule has 0 aliphatic carbocycles. The van der Waals surface area contributed by atoms with Crippen LogP contribution in [0.2, 0.25) is 0 Å². The first-order valence-electron chi connectivity index (χ1n) is 6.33. The standard InChI is InChI=1S/C8H9F.C7H14O.2CH4/c1-6-3-4-7(2)8(9)5-6;1-6-3-4-7(2)8-5-6;;/h3-5H,1-2H3;6-7H,3-5H2,1-2H3;2*1H4. The van der Waals surface area contributed by atoms with Crippen molar-refractivity contribution < 1.29 is 9.13 Å². The molecule has 2 heteroatoms. The molecule has 1 aliphatic heterocycles. The minimum Gasteiger partial charge on any atom is -0.378 e. The fourth-order valence-electron chi connectivity index (χ4n) is 1.71. The molecule has 0 radical (unpaired) electrons. The van der Waals surface area contributed by atoms with Gasteiger partial charge in [-0.3, -0.25) is 0 Å². The molecule has 1 aromatic rings. The van der Waals surface area contributed by atoms with E-state index in [1.165, 1.54) is 18.9 Å². The van der Waals surface area contributed by atoms with Crippen molar-refractivity contribution in [3.8, 4) is 0 Å². The van der Waals surface area contributed by atoms with E-state index in [1.54, 1.807) is 13.0 Å². The Morgan fingerprint density at radius 1 is 1.11 bits per heavy atom. The average molecular weight is 270 g/mol. The highest BCUT2D eigenvalue weighted by molar-refractivity contribution is 5.21. The first-order chi connectivity index (χ1) is 7.99. The maximum atomic E-state index is 12.6. The van der Waals surface area contributed by atoms with Crippen LogP contribution < -0.4 is 0 Å². The van der Waals surface area contributed by atoms with E-state index < -0.39 is 0 Å². The highest BCUT2D eigenvalue weighted by atomic mass is 19.1. The van der Waals surface area contributed by atoms with Crippen molar-refractivity contribution in [1.82, 2.24) is 0 Å². The van der Waals surface area contributed by atoms with Gasteiger partial charge in [-0.05, 0) is 56.7 Å². The average Bonchev–Trinajstić information content (AvgIpc) is 2.29. The number of rotatable bonds is 0. The lowest BCUT2D eigenvalue weighted by Crippen LogP contribution is -2.21. The van der Waals surface area contributed by atoms with Crippen LogP contribution in [0.3, 0.4) is 0 Å². The van der Waals surface area contributed by atoms with E-state index in [0.29, 0.717) is 11.7 Å². The van der Waals surface area contributed by atoms with Crippen molar-refractivity contribution in [3.05, 3.63) is 35.1 Å². The highest BCUT2D eigenvalue weighted by Crippen LogP contribution is 2.16. The number of hydrogen-bond donors (Lipinski definition) is 0. The quantitative estimate of drug-likeness (QED) is 0.601. The highest BCUT2D eigenvalue weighted by Gasteiger charge is 2.13. The Balaban J connectivity index is 0. The van der Waals surface area contributed by atoms with Crippen LogP contribution in [-0.4, -0.2) is 12.7 Å². The van der Waals surface area contributed by atoms with Gasteiger partial charge in [0.05, 0.1) is 6.10 Å². The number of hydrogen-bond acceptors (Lipinski definition) is 1. The molecule has 1 nitrogen and oxygen atoms in total. The van der Waals surface area contributed by atoms with Crippen molar-refractivity contribution in [1.29, 1.82) is 0 Å². The summed E-state index contributed by atoms with van der Waals surface area (Å²) in [6.07, 6.45) is 3.12. The zero-order valence-electron chi connectivity index (χ0n) is 11.3. The van der Waals surface area contributed by atoms with Gasteiger partial charge < -0.3 is 4.74 Å². The van der Waals surface area contributed by atoms with Crippen LogP contribution in [0.1, 0.15) is 52.7 Å². The number of aryl methyl sites for hydroxylation is 2. The second kappa shape index (κ2) is 9.96. The predicted molar refractivity (Wildman–Crippen MR) is 83.1 cm³/mol. The summed E-state index contributed by atoms with van der Waals surface area (Å²) in [6, 6.07) is 5.22. The normalized spacial score (nSPS) is 21.3. The van der Waals surface area contributed by atoms with Crippen LogP contribution >= 0.6 is 0 Å². The molecule has 0 amide bonds. The monoisotopic (exact) mass is 270 g/mol. The zero-order valence-corrected chi connectivity index (χ0v) is 11.3. The Hall–Kier alpha value is -0.890. The van der Waals surface area contributed by atoms with E-state index in [4.69, 9.17) is 4.74 Å². The summed E-state index contributed by atoms with van der Waals surface area (Å²) < 4.78 is 18.0. The summed E-state index contributed by atoms with van der Waals surface area (Å²) in [5.41, 5.74) is 1.68. The molecule has 0 saturated carbocycles. The fourth-order valence-corrected chi connectivity index (χ4v) is 1.71. The molecule has 19 heavy (non-hydrogen) atoms. The maximum Gasteiger partial charge on any atom is 0.126 e. The van der Waals surface area contributed by atoms with Crippen molar-refractivity contribution >= 4 is 0 Å². The Labute approximate surface area is 119 Å². The second-order valence-electron chi connectivity index (χ2n) is 5.08. The summed E-state index contributed by atoms with van der Waals surface area (Å²) in [6.45, 7) is 9.00. The van der Waals surface area contributed by atoms with E-state index in [9.17, 15) is 4.39 Å². The Morgan fingerprint density at radius 2 is 1.74 bits per heavy atom. The van der Waals surface area contributed by atoms with E-state index in [1.807, 2.05) is 13.0 Å². The van der Waals surface area contributed by atoms with Crippen molar-refractivity contribution in [3.63, 3.8) is 0 Å². The van der Waals surface area contributed by atoms with E-state index in [2.05, 4.69) is 13.8 Å². The van der Waals surface area contributed by atoms with Gasteiger partial charge in [-0.1, -0.05) is 33.9 Å². The van der Waals surface area contributed by atoms with E-state index in [0.717, 1.165) is 18.1 Å². The molecule has 0 N–H and O–H groups in total. The Bertz CT molecular complexity index is 331. The van der Waals surface area contributed by atoms with Crippen molar-refractivity contribution in [2.24, 2.45) is 5.92 Å². The summed E-state index contributed by atoms with van der Waals surface area (Å²) >= 11 is 0. The van der Waals surface area contributed by atoms with Crippen molar-refractivity contribution in [2.75, 3.05) is 6.61 Å². The fraction of sp³-hybridized carbons (Fsp3) is 0.647. The topological polar surface area (TPSA) is 9.23 Å². The molecule has 0 bridgehead atoms. The molecule has 2 unspecified atom stereocenters. The molecular formula is C17H31FO. The van der Waals surface area contributed by atoms with Gasteiger partial charge in [0, 0.05) is 6.61 Å². The summed E-state index contributed by atoms with van der Waals surface area (Å²) in [7, 11) is 0. The molecule has 0 aromatic heterocycles. The lowest BCUT2D eigenvalue weighted by molar-refractivity contribution is 0.000267. The minimum absolute atomic E-state index is 0. The summed E-state index contributed by atoms with van der Waals surface area (Å²) in [5, 5.41) is 0. The van der Waals surface area contributed by atoms with Gasteiger partial charge in [-0.25, -0.2) is 4.39 Å². The first-order valence-corrected chi connectivity index (χ1v) is 6.33. The maximum absolute atomic E-state index is 12.6. The van der Waals surface area contributed by atoms with Gasteiger partial charge in [-0.15, -0.1) is 0 Å². The van der Waals surface area contributed by atoms with Gasteiger partial charge >= 0.3 is 0 Å². The zero-order chi connectivity index (χ0) is 12.8. The molecular weight excluding hydrogens is 239 g/mol. The number of ether oxygens (including phenoxy) is 1. The molecule has 1 fully saturated rings. The Kier molecular flexibility index (Phi) is 10.7. The second-order valence-corrected chi connectivity index (χ2v) is 5.08. The van der Waals surface area contributed by atoms with Crippen LogP contribution in [0, 0.1) is 25.6 Å². The first kappa shape index (κ1) is 20.4. The number of benzene rings is 1. The lowest BCUT2D eigenvalue weighted by atomic mass is 10.0. The van der Waals surface area contributed by atoms with Gasteiger partial charge in [0.15, 0.2) is 0 Å². The largest absolute Gasteiger partial charge is 0.378 e. The van der Waals surface area contributed by atoms with Gasteiger partial charge in [-0.2, -0.15) is 0 Å². The molecule has 1 saturated heterocycles. The van der Waals surface area contributed by atoms with E-state index >= 15 is 0 Å². The third-order valence-corrected chi connectivity index (χ3v) is 3.06. The lowest BCUT2D eigenvalue weighted by Gasteiger charge is -2.23. The van der Waals surface area contributed by atoms with Crippen LogP contribution in [0.25, 0.3) is 0 Å². The molecule has 112 valence electrons. The molecule has 1 aromatic carbocycles.